The molecule has 0 aromatic rings. The molecule has 1 rings (SSSR count). The van der Waals surface area contributed by atoms with E-state index in [-0.39, 0.29) is 6.04 Å². The first-order chi connectivity index (χ1) is 6.08. The van der Waals surface area contributed by atoms with Gasteiger partial charge in [-0.15, -0.1) is 6.42 Å². The second-order valence-electron chi connectivity index (χ2n) is 4.17. The lowest BCUT2D eigenvalue weighted by atomic mass is 9.92. The Morgan fingerprint density at radius 2 is 2.46 bits per heavy atom. The lowest BCUT2D eigenvalue weighted by Crippen LogP contribution is -2.45. The van der Waals surface area contributed by atoms with Crippen molar-refractivity contribution >= 4 is 0 Å². The van der Waals surface area contributed by atoms with Crippen molar-refractivity contribution < 1.29 is 5.11 Å². The minimum atomic E-state index is -0.523. The summed E-state index contributed by atoms with van der Waals surface area (Å²) >= 11 is 0. The van der Waals surface area contributed by atoms with E-state index >= 15 is 0 Å². The van der Waals surface area contributed by atoms with Crippen LogP contribution in [-0.4, -0.2) is 23.3 Å². The van der Waals surface area contributed by atoms with Gasteiger partial charge in [-0.25, -0.2) is 0 Å². The summed E-state index contributed by atoms with van der Waals surface area (Å²) < 4.78 is 0. The normalized spacial score (nSPS) is 35.7. The van der Waals surface area contributed by atoms with Gasteiger partial charge in [0.15, 0.2) is 0 Å². The van der Waals surface area contributed by atoms with Crippen LogP contribution >= 0.6 is 0 Å². The van der Waals surface area contributed by atoms with Crippen LogP contribution in [0.4, 0.5) is 0 Å². The fraction of sp³-hybridized carbons (Fsp3) is 0.818. The van der Waals surface area contributed by atoms with E-state index < -0.39 is 5.60 Å². The van der Waals surface area contributed by atoms with Gasteiger partial charge >= 0.3 is 0 Å². The van der Waals surface area contributed by atoms with E-state index in [1.165, 1.54) is 0 Å². The zero-order valence-electron chi connectivity index (χ0n) is 8.51. The highest BCUT2D eigenvalue weighted by molar-refractivity contribution is 4.99. The molecule has 3 atom stereocenters. The van der Waals surface area contributed by atoms with Gasteiger partial charge in [0.1, 0.15) is 0 Å². The third-order valence-electron chi connectivity index (χ3n) is 3.13. The van der Waals surface area contributed by atoms with Crippen LogP contribution < -0.4 is 5.32 Å². The maximum absolute atomic E-state index is 10.2. The summed E-state index contributed by atoms with van der Waals surface area (Å²) in [4.78, 5) is 0. The molecule has 1 saturated carbocycles. The Balaban J connectivity index is 2.39. The summed E-state index contributed by atoms with van der Waals surface area (Å²) in [6, 6.07) is 0.0526. The molecule has 0 aliphatic heterocycles. The molecule has 1 fully saturated rings. The highest BCUT2D eigenvalue weighted by atomic mass is 16.3. The average molecular weight is 181 g/mol. The first kappa shape index (κ1) is 10.6. The molecule has 0 saturated heterocycles. The smallest absolute Gasteiger partial charge is 0.0797 e. The van der Waals surface area contributed by atoms with Crippen LogP contribution in [0.2, 0.25) is 0 Å². The molecule has 2 heteroatoms. The molecule has 0 spiro atoms. The van der Waals surface area contributed by atoms with Gasteiger partial charge < -0.3 is 10.4 Å². The minimum Gasteiger partial charge on any atom is -0.388 e. The van der Waals surface area contributed by atoms with E-state index in [1.54, 1.807) is 0 Å². The van der Waals surface area contributed by atoms with E-state index in [4.69, 9.17) is 6.42 Å². The number of aliphatic hydroxyl groups is 1. The third-order valence-corrected chi connectivity index (χ3v) is 3.13. The third kappa shape index (κ3) is 2.46. The summed E-state index contributed by atoms with van der Waals surface area (Å²) in [6.07, 6.45) is 8.40. The van der Waals surface area contributed by atoms with Gasteiger partial charge in [-0.05, 0) is 25.7 Å². The highest BCUT2D eigenvalue weighted by Gasteiger charge is 2.37. The Kier molecular flexibility index (Phi) is 3.35. The SMILES string of the molecule is C#CC(C)NCC1(O)CCCC1C. The molecule has 0 radical (unpaired) electrons. The summed E-state index contributed by atoms with van der Waals surface area (Å²) in [6.45, 7) is 4.66. The van der Waals surface area contributed by atoms with Gasteiger partial charge in [-0.2, -0.15) is 0 Å². The van der Waals surface area contributed by atoms with Gasteiger partial charge in [0.05, 0.1) is 11.6 Å². The van der Waals surface area contributed by atoms with Gasteiger partial charge in [0.2, 0.25) is 0 Å². The minimum absolute atomic E-state index is 0.0526. The molecule has 74 valence electrons. The van der Waals surface area contributed by atoms with E-state index in [0.29, 0.717) is 12.5 Å². The van der Waals surface area contributed by atoms with E-state index in [2.05, 4.69) is 18.2 Å². The Hall–Kier alpha value is -0.520. The van der Waals surface area contributed by atoms with Crippen molar-refractivity contribution in [3.8, 4) is 12.3 Å². The van der Waals surface area contributed by atoms with Gasteiger partial charge in [0.25, 0.3) is 0 Å². The fourth-order valence-corrected chi connectivity index (χ4v) is 1.88. The zero-order valence-corrected chi connectivity index (χ0v) is 8.51. The largest absolute Gasteiger partial charge is 0.388 e. The van der Waals surface area contributed by atoms with Crippen LogP contribution in [0.3, 0.4) is 0 Å². The van der Waals surface area contributed by atoms with Crippen LogP contribution in [0.25, 0.3) is 0 Å². The van der Waals surface area contributed by atoms with Crippen molar-refractivity contribution in [1.82, 2.24) is 5.32 Å². The quantitative estimate of drug-likeness (QED) is 0.640. The van der Waals surface area contributed by atoms with Crippen molar-refractivity contribution in [3.63, 3.8) is 0 Å². The van der Waals surface area contributed by atoms with Crippen molar-refractivity contribution in [3.05, 3.63) is 0 Å². The van der Waals surface area contributed by atoms with Gasteiger partial charge in [-0.3, -0.25) is 0 Å². The standard InChI is InChI=1S/C11H19NO/c1-4-10(3)12-8-11(13)7-5-6-9(11)2/h1,9-10,12-13H,5-8H2,2-3H3. The summed E-state index contributed by atoms with van der Waals surface area (Å²) in [5.74, 6) is 2.99. The maximum Gasteiger partial charge on any atom is 0.0797 e. The second kappa shape index (κ2) is 4.13. The Bertz CT molecular complexity index is 209. The molecule has 1 aliphatic rings. The molecule has 2 nitrogen and oxygen atoms in total. The van der Waals surface area contributed by atoms with Crippen LogP contribution in [-0.2, 0) is 0 Å². The summed E-state index contributed by atoms with van der Waals surface area (Å²) in [5.41, 5.74) is -0.523. The molecule has 0 aromatic heterocycles. The molecule has 3 unspecified atom stereocenters. The topological polar surface area (TPSA) is 32.3 Å². The van der Waals surface area contributed by atoms with Crippen LogP contribution in [0.1, 0.15) is 33.1 Å². The van der Waals surface area contributed by atoms with Crippen LogP contribution in [0.5, 0.6) is 0 Å². The van der Waals surface area contributed by atoms with Crippen molar-refractivity contribution in [2.24, 2.45) is 5.92 Å². The Morgan fingerprint density at radius 1 is 1.77 bits per heavy atom. The van der Waals surface area contributed by atoms with E-state index in [1.807, 2.05) is 6.92 Å². The monoisotopic (exact) mass is 181 g/mol. The van der Waals surface area contributed by atoms with Crippen molar-refractivity contribution in [2.45, 2.75) is 44.8 Å². The first-order valence-electron chi connectivity index (χ1n) is 5.00. The number of nitrogens with one attached hydrogen (secondary N) is 1. The second-order valence-corrected chi connectivity index (χ2v) is 4.17. The van der Waals surface area contributed by atoms with Crippen molar-refractivity contribution in [2.75, 3.05) is 6.54 Å². The number of rotatable bonds is 3. The lowest BCUT2D eigenvalue weighted by Gasteiger charge is -2.28. The van der Waals surface area contributed by atoms with Gasteiger partial charge in [0, 0.05) is 6.54 Å². The summed E-state index contributed by atoms with van der Waals surface area (Å²) in [5, 5.41) is 13.3. The molecule has 1 aliphatic carbocycles. The molecule has 0 aromatic carbocycles. The lowest BCUT2D eigenvalue weighted by molar-refractivity contribution is 0.00920. The van der Waals surface area contributed by atoms with E-state index in [0.717, 1.165) is 19.3 Å². The van der Waals surface area contributed by atoms with Gasteiger partial charge in [-0.1, -0.05) is 19.3 Å². The number of terminal acetylenes is 1. The molecule has 2 N–H and O–H groups in total. The maximum atomic E-state index is 10.2. The predicted molar refractivity (Wildman–Crippen MR) is 54.3 cm³/mol. The fourth-order valence-electron chi connectivity index (χ4n) is 1.88. The number of hydrogen-bond acceptors (Lipinski definition) is 2. The molecular formula is C11H19NO. The molecule has 13 heavy (non-hydrogen) atoms. The van der Waals surface area contributed by atoms with Crippen LogP contribution in [0.15, 0.2) is 0 Å². The summed E-state index contributed by atoms with van der Waals surface area (Å²) in [7, 11) is 0. The Morgan fingerprint density at radius 3 is 2.92 bits per heavy atom. The first-order valence-corrected chi connectivity index (χ1v) is 5.00. The average Bonchev–Trinajstić information content (AvgIpc) is 2.44. The predicted octanol–water partition coefficient (Wildman–Crippen LogP) is 1.15. The van der Waals surface area contributed by atoms with Crippen molar-refractivity contribution in [1.29, 1.82) is 0 Å². The molecule has 0 amide bonds. The zero-order chi connectivity index (χ0) is 9.90. The molecule has 0 bridgehead atoms. The van der Waals surface area contributed by atoms with E-state index in [9.17, 15) is 5.11 Å². The van der Waals surface area contributed by atoms with Crippen LogP contribution in [0, 0.1) is 18.3 Å². The number of hydrogen-bond donors (Lipinski definition) is 2. The molecule has 0 heterocycles. The Labute approximate surface area is 80.7 Å². The molecular weight excluding hydrogens is 162 g/mol. The highest BCUT2D eigenvalue weighted by Crippen LogP contribution is 2.34.